The Morgan fingerprint density at radius 1 is 1.37 bits per heavy atom. The largest absolute Gasteiger partial charge is 0.493 e. The lowest BCUT2D eigenvalue weighted by atomic mass is 10.1. The molecule has 4 nitrogen and oxygen atoms in total. The molecule has 0 N–H and O–H groups in total. The Balaban J connectivity index is 2.12. The molecule has 1 aliphatic heterocycles. The van der Waals surface area contributed by atoms with Gasteiger partial charge >= 0.3 is 0 Å². The summed E-state index contributed by atoms with van der Waals surface area (Å²) in [5.41, 5.74) is 0.827. The average molecular weight is 323 g/mol. The predicted octanol–water partition coefficient (Wildman–Crippen LogP) is 2.51. The molecule has 0 saturated heterocycles. The number of hydrogen-bond donors (Lipinski definition) is 0. The highest BCUT2D eigenvalue weighted by Gasteiger charge is 2.14. The lowest BCUT2D eigenvalue weighted by Gasteiger charge is -2.17. The minimum Gasteiger partial charge on any atom is -0.493 e. The van der Waals surface area contributed by atoms with E-state index < -0.39 is 0 Å². The summed E-state index contributed by atoms with van der Waals surface area (Å²) in [6.07, 6.45) is 3.07. The third kappa shape index (κ3) is 2.39. The number of rotatable bonds is 3. The van der Waals surface area contributed by atoms with Crippen LogP contribution >= 0.6 is 15.9 Å². The van der Waals surface area contributed by atoms with Crippen molar-refractivity contribution in [1.82, 2.24) is 9.55 Å². The minimum absolute atomic E-state index is 0.0593. The molecule has 3 rings (SSSR count). The van der Waals surface area contributed by atoms with Gasteiger partial charge in [-0.2, -0.15) is 0 Å². The first-order valence-corrected chi connectivity index (χ1v) is 7.64. The molecule has 0 atom stereocenters. The normalized spacial score (nSPS) is 14.4. The molecule has 0 bridgehead atoms. The van der Waals surface area contributed by atoms with Gasteiger partial charge in [-0.3, -0.25) is 9.36 Å². The topological polar surface area (TPSA) is 44.1 Å². The van der Waals surface area contributed by atoms with Crippen molar-refractivity contribution in [1.29, 1.82) is 0 Å². The van der Waals surface area contributed by atoms with Crippen LogP contribution in [0.2, 0.25) is 0 Å². The van der Waals surface area contributed by atoms with E-state index in [1.807, 2.05) is 12.1 Å². The lowest BCUT2D eigenvalue weighted by Crippen LogP contribution is -2.28. The summed E-state index contributed by atoms with van der Waals surface area (Å²) in [5.74, 6) is 1.64. The van der Waals surface area contributed by atoms with Gasteiger partial charge < -0.3 is 4.74 Å². The molecule has 0 radical (unpaired) electrons. The van der Waals surface area contributed by atoms with E-state index in [1.54, 1.807) is 10.6 Å². The SMILES string of the molecule is O=c1c2cc(OCCBr)ccc2nc2n1CCCC2. The van der Waals surface area contributed by atoms with Gasteiger partial charge in [0.1, 0.15) is 11.6 Å². The molecule has 5 heteroatoms. The molecule has 0 aliphatic carbocycles. The van der Waals surface area contributed by atoms with Crippen LogP contribution in [-0.2, 0) is 13.0 Å². The molecular formula is C14H15BrN2O2. The predicted molar refractivity (Wildman–Crippen MR) is 78.2 cm³/mol. The number of ether oxygens (including phenoxy) is 1. The van der Waals surface area contributed by atoms with Crippen LogP contribution in [0.1, 0.15) is 18.7 Å². The highest BCUT2D eigenvalue weighted by molar-refractivity contribution is 9.09. The Kier molecular flexibility index (Phi) is 3.55. The van der Waals surface area contributed by atoms with Crippen molar-refractivity contribution in [3.63, 3.8) is 0 Å². The molecular weight excluding hydrogens is 308 g/mol. The second-order valence-corrected chi connectivity index (χ2v) is 5.45. The zero-order valence-electron chi connectivity index (χ0n) is 10.6. The first-order valence-electron chi connectivity index (χ1n) is 6.52. The van der Waals surface area contributed by atoms with E-state index in [0.717, 1.165) is 48.2 Å². The highest BCUT2D eigenvalue weighted by Crippen LogP contribution is 2.19. The van der Waals surface area contributed by atoms with Crippen LogP contribution in [0.4, 0.5) is 0 Å². The Morgan fingerprint density at radius 2 is 2.26 bits per heavy atom. The summed E-state index contributed by atoms with van der Waals surface area (Å²) in [6, 6.07) is 5.54. The highest BCUT2D eigenvalue weighted by atomic mass is 79.9. The molecule has 19 heavy (non-hydrogen) atoms. The van der Waals surface area contributed by atoms with Gasteiger partial charge in [-0.25, -0.2) is 4.98 Å². The Labute approximate surface area is 119 Å². The molecule has 1 aliphatic rings. The molecule has 0 unspecified atom stereocenters. The Hall–Kier alpha value is -1.36. The molecule has 0 fully saturated rings. The van der Waals surface area contributed by atoms with Crippen molar-refractivity contribution in [3.8, 4) is 5.75 Å². The fourth-order valence-electron chi connectivity index (χ4n) is 2.47. The number of fused-ring (bicyclic) bond motifs is 2. The first kappa shape index (κ1) is 12.7. The summed E-state index contributed by atoms with van der Waals surface area (Å²) >= 11 is 3.32. The summed E-state index contributed by atoms with van der Waals surface area (Å²) < 4.78 is 7.35. The van der Waals surface area contributed by atoms with Gasteiger partial charge in [0.2, 0.25) is 0 Å². The second kappa shape index (κ2) is 5.33. The zero-order chi connectivity index (χ0) is 13.2. The number of benzene rings is 1. The van der Waals surface area contributed by atoms with Gasteiger partial charge in [0, 0.05) is 18.3 Å². The number of aromatic nitrogens is 2. The molecule has 2 heterocycles. The van der Waals surface area contributed by atoms with Crippen LogP contribution in [-0.4, -0.2) is 21.5 Å². The fraction of sp³-hybridized carbons (Fsp3) is 0.429. The average Bonchev–Trinajstić information content (AvgIpc) is 2.46. The van der Waals surface area contributed by atoms with Crippen molar-refractivity contribution in [3.05, 3.63) is 34.4 Å². The van der Waals surface area contributed by atoms with Crippen LogP contribution in [0.25, 0.3) is 10.9 Å². The van der Waals surface area contributed by atoms with E-state index in [-0.39, 0.29) is 5.56 Å². The third-order valence-electron chi connectivity index (χ3n) is 3.38. The van der Waals surface area contributed by atoms with Gasteiger partial charge in [-0.05, 0) is 31.0 Å². The minimum atomic E-state index is 0.0593. The fourth-order valence-corrected chi connectivity index (χ4v) is 2.63. The summed E-state index contributed by atoms with van der Waals surface area (Å²) in [6.45, 7) is 1.37. The number of aryl methyl sites for hydroxylation is 1. The molecule has 1 aromatic heterocycles. The van der Waals surface area contributed by atoms with Gasteiger partial charge in [0.15, 0.2) is 0 Å². The van der Waals surface area contributed by atoms with Crippen molar-refractivity contribution in [2.45, 2.75) is 25.8 Å². The number of halogens is 1. The van der Waals surface area contributed by atoms with Crippen LogP contribution in [0.3, 0.4) is 0 Å². The molecule has 2 aromatic rings. The van der Waals surface area contributed by atoms with E-state index in [0.29, 0.717) is 12.0 Å². The lowest BCUT2D eigenvalue weighted by molar-refractivity contribution is 0.345. The third-order valence-corrected chi connectivity index (χ3v) is 3.71. The standard InChI is InChI=1S/C14H15BrN2O2/c15-6-8-19-10-4-5-12-11(9-10)14(18)17-7-2-1-3-13(17)16-12/h4-5,9H,1-3,6-8H2. The van der Waals surface area contributed by atoms with E-state index in [4.69, 9.17) is 4.74 Å². The maximum Gasteiger partial charge on any atom is 0.261 e. The zero-order valence-corrected chi connectivity index (χ0v) is 12.1. The maximum absolute atomic E-state index is 12.5. The number of hydrogen-bond acceptors (Lipinski definition) is 3. The molecule has 0 amide bonds. The molecule has 0 saturated carbocycles. The van der Waals surface area contributed by atoms with Gasteiger partial charge in [0.05, 0.1) is 17.5 Å². The summed E-state index contributed by atoms with van der Waals surface area (Å²) in [4.78, 5) is 17.1. The smallest absolute Gasteiger partial charge is 0.261 e. The number of nitrogens with zero attached hydrogens (tertiary/aromatic N) is 2. The van der Waals surface area contributed by atoms with Crippen LogP contribution in [0.5, 0.6) is 5.75 Å². The van der Waals surface area contributed by atoms with Crippen molar-refractivity contribution < 1.29 is 4.74 Å². The van der Waals surface area contributed by atoms with Crippen LogP contribution in [0.15, 0.2) is 23.0 Å². The summed E-state index contributed by atoms with van der Waals surface area (Å²) in [7, 11) is 0. The molecule has 100 valence electrons. The van der Waals surface area contributed by atoms with Crippen molar-refractivity contribution in [2.75, 3.05) is 11.9 Å². The van der Waals surface area contributed by atoms with E-state index in [1.165, 1.54) is 0 Å². The van der Waals surface area contributed by atoms with E-state index in [2.05, 4.69) is 20.9 Å². The maximum atomic E-state index is 12.5. The van der Waals surface area contributed by atoms with E-state index in [9.17, 15) is 4.79 Å². The quantitative estimate of drug-likeness (QED) is 0.815. The monoisotopic (exact) mass is 322 g/mol. The summed E-state index contributed by atoms with van der Waals surface area (Å²) in [5, 5.41) is 1.42. The van der Waals surface area contributed by atoms with Crippen LogP contribution in [0, 0.1) is 0 Å². The van der Waals surface area contributed by atoms with Gasteiger partial charge in [-0.15, -0.1) is 0 Å². The van der Waals surface area contributed by atoms with Crippen LogP contribution < -0.4 is 10.3 Å². The molecule has 0 spiro atoms. The van der Waals surface area contributed by atoms with Crippen molar-refractivity contribution >= 4 is 26.8 Å². The van der Waals surface area contributed by atoms with Gasteiger partial charge in [0.25, 0.3) is 5.56 Å². The second-order valence-electron chi connectivity index (χ2n) is 4.66. The number of alkyl halides is 1. The molecule has 1 aromatic carbocycles. The Morgan fingerprint density at radius 3 is 3.11 bits per heavy atom. The van der Waals surface area contributed by atoms with Gasteiger partial charge in [-0.1, -0.05) is 15.9 Å². The Bertz CT molecular complexity index is 666. The first-order chi connectivity index (χ1) is 9.29. The van der Waals surface area contributed by atoms with Crippen molar-refractivity contribution in [2.24, 2.45) is 0 Å². The van der Waals surface area contributed by atoms with E-state index >= 15 is 0 Å².